The van der Waals surface area contributed by atoms with Crippen LogP contribution in [-0.4, -0.2) is 14.6 Å². The quantitative estimate of drug-likeness (QED) is 0.654. The Bertz CT molecular complexity index is 568. The Hall–Kier alpha value is -1.62. The van der Waals surface area contributed by atoms with Crippen LogP contribution in [0.15, 0.2) is 12.1 Å². The Labute approximate surface area is 113 Å². The molecule has 0 radical (unpaired) electrons. The first-order valence-electron chi connectivity index (χ1n) is 7.18. The first kappa shape index (κ1) is 12.4. The highest BCUT2D eigenvalue weighted by Gasteiger charge is 2.21. The van der Waals surface area contributed by atoms with Gasteiger partial charge in [0.2, 0.25) is 0 Å². The Morgan fingerprint density at radius 3 is 2.84 bits per heavy atom. The SMILES string of the molecule is CCCc1cc(NN)n2nc(C3CCCC3)cc2n1. The molecule has 2 aromatic rings. The van der Waals surface area contributed by atoms with E-state index in [1.165, 1.54) is 25.7 Å². The van der Waals surface area contributed by atoms with Gasteiger partial charge in [-0.25, -0.2) is 10.8 Å². The van der Waals surface area contributed by atoms with E-state index in [1.54, 1.807) is 0 Å². The van der Waals surface area contributed by atoms with Crippen molar-refractivity contribution < 1.29 is 0 Å². The molecule has 1 fully saturated rings. The van der Waals surface area contributed by atoms with E-state index in [0.29, 0.717) is 5.92 Å². The first-order valence-corrected chi connectivity index (χ1v) is 7.18. The number of anilines is 1. The number of aromatic nitrogens is 3. The monoisotopic (exact) mass is 259 g/mol. The van der Waals surface area contributed by atoms with Crippen LogP contribution in [0.1, 0.15) is 56.3 Å². The Morgan fingerprint density at radius 2 is 2.16 bits per heavy atom. The van der Waals surface area contributed by atoms with Crippen molar-refractivity contribution in [3.05, 3.63) is 23.5 Å². The van der Waals surface area contributed by atoms with Gasteiger partial charge >= 0.3 is 0 Å². The molecular weight excluding hydrogens is 238 g/mol. The Kier molecular flexibility index (Phi) is 3.38. The Morgan fingerprint density at radius 1 is 1.37 bits per heavy atom. The molecule has 1 aliphatic rings. The average molecular weight is 259 g/mol. The molecule has 0 saturated heterocycles. The zero-order valence-electron chi connectivity index (χ0n) is 11.4. The summed E-state index contributed by atoms with van der Waals surface area (Å²) < 4.78 is 1.83. The number of nitrogen functional groups attached to an aromatic ring is 1. The van der Waals surface area contributed by atoms with Crippen LogP contribution in [0.3, 0.4) is 0 Å². The maximum atomic E-state index is 5.61. The van der Waals surface area contributed by atoms with Gasteiger partial charge in [-0.1, -0.05) is 26.2 Å². The molecule has 0 bridgehead atoms. The van der Waals surface area contributed by atoms with Crippen molar-refractivity contribution >= 4 is 11.5 Å². The number of nitrogens with zero attached hydrogens (tertiary/aromatic N) is 3. The molecule has 2 aromatic heterocycles. The molecule has 19 heavy (non-hydrogen) atoms. The summed E-state index contributed by atoms with van der Waals surface area (Å²) in [6.45, 7) is 2.15. The maximum absolute atomic E-state index is 5.61. The maximum Gasteiger partial charge on any atom is 0.157 e. The lowest BCUT2D eigenvalue weighted by Crippen LogP contribution is -2.13. The number of nitrogens with two attached hydrogens (primary N) is 1. The Balaban J connectivity index is 2.04. The van der Waals surface area contributed by atoms with Crippen molar-refractivity contribution in [2.75, 3.05) is 5.43 Å². The number of fused-ring (bicyclic) bond motifs is 1. The summed E-state index contributed by atoms with van der Waals surface area (Å²) in [5.74, 6) is 7.02. The van der Waals surface area contributed by atoms with Crippen molar-refractivity contribution in [3.63, 3.8) is 0 Å². The topological polar surface area (TPSA) is 68.2 Å². The zero-order valence-corrected chi connectivity index (χ0v) is 11.4. The standard InChI is InChI=1S/C14H21N5/c1-2-5-11-8-14(17-15)19-13(16-11)9-12(18-19)10-6-3-4-7-10/h8-10,17H,2-7,15H2,1H3. The van der Waals surface area contributed by atoms with Crippen LogP contribution >= 0.6 is 0 Å². The summed E-state index contributed by atoms with van der Waals surface area (Å²) in [5, 5.41) is 4.68. The zero-order chi connectivity index (χ0) is 13.2. The van der Waals surface area contributed by atoms with Crippen LogP contribution in [-0.2, 0) is 6.42 Å². The summed E-state index contributed by atoms with van der Waals surface area (Å²) in [5.41, 5.74) is 5.87. The predicted octanol–water partition coefficient (Wildman–Crippen LogP) is 2.63. The fourth-order valence-electron chi connectivity index (χ4n) is 2.95. The molecule has 2 heterocycles. The van der Waals surface area contributed by atoms with E-state index in [0.717, 1.165) is 35.7 Å². The van der Waals surface area contributed by atoms with E-state index < -0.39 is 0 Å². The molecule has 5 heteroatoms. The minimum absolute atomic E-state index is 0.599. The predicted molar refractivity (Wildman–Crippen MR) is 76.0 cm³/mol. The fraction of sp³-hybridized carbons (Fsp3) is 0.571. The minimum atomic E-state index is 0.599. The van der Waals surface area contributed by atoms with Crippen molar-refractivity contribution in [2.45, 2.75) is 51.4 Å². The van der Waals surface area contributed by atoms with E-state index in [4.69, 9.17) is 5.84 Å². The number of nitrogens with one attached hydrogen (secondary N) is 1. The fourth-order valence-corrected chi connectivity index (χ4v) is 2.95. The first-order chi connectivity index (χ1) is 9.31. The normalized spacial score (nSPS) is 16.3. The van der Waals surface area contributed by atoms with E-state index in [9.17, 15) is 0 Å². The number of hydrazine groups is 1. The number of hydrogen-bond donors (Lipinski definition) is 2. The van der Waals surface area contributed by atoms with Crippen molar-refractivity contribution in [2.24, 2.45) is 5.84 Å². The third kappa shape index (κ3) is 2.30. The number of aryl methyl sites for hydroxylation is 1. The molecule has 0 spiro atoms. The van der Waals surface area contributed by atoms with Crippen molar-refractivity contribution in [3.8, 4) is 0 Å². The largest absolute Gasteiger partial charge is 0.308 e. The molecule has 3 N–H and O–H groups in total. The second kappa shape index (κ2) is 5.17. The van der Waals surface area contributed by atoms with Gasteiger partial charge in [-0.15, -0.1) is 0 Å². The summed E-state index contributed by atoms with van der Waals surface area (Å²) in [4.78, 5) is 4.67. The molecule has 3 rings (SSSR count). The van der Waals surface area contributed by atoms with Crippen molar-refractivity contribution in [1.82, 2.24) is 14.6 Å². The lowest BCUT2D eigenvalue weighted by Gasteiger charge is -2.06. The molecule has 102 valence electrons. The van der Waals surface area contributed by atoms with E-state index in [1.807, 2.05) is 10.6 Å². The van der Waals surface area contributed by atoms with Gasteiger partial charge in [0.1, 0.15) is 5.82 Å². The van der Waals surface area contributed by atoms with Crippen LogP contribution < -0.4 is 11.3 Å². The molecule has 0 amide bonds. The summed E-state index contributed by atoms with van der Waals surface area (Å²) in [6.07, 6.45) is 7.17. The minimum Gasteiger partial charge on any atom is -0.308 e. The van der Waals surface area contributed by atoms with Crippen molar-refractivity contribution in [1.29, 1.82) is 0 Å². The summed E-state index contributed by atoms with van der Waals surface area (Å²) in [6, 6.07) is 4.11. The van der Waals surface area contributed by atoms with Gasteiger partial charge in [-0.05, 0) is 19.3 Å². The molecular formula is C14H21N5. The van der Waals surface area contributed by atoms with Crippen LogP contribution in [0.2, 0.25) is 0 Å². The van der Waals surface area contributed by atoms with E-state index in [2.05, 4.69) is 28.5 Å². The third-order valence-corrected chi connectivity index (χ3v) is 3.93. The van der Waals surface area contributed by atoms with E-state index >= 15 is 0 Å². The van der Waals surface area contributed by atoms with Crippen LogP contribution in [0.5, 0.6) is 0 Å². The molecule has 1 saturated carbocycles. The highest BCUT2D eigenvalue weighted by atomic mass is 15.4. The molecule has 0 atom stereocenters. The summed E-state index contributed by atoms with van der Waals surface area (Å²) in [7, 11) is 0. The lowest BCUT2D eigenvalue weighted by atomic mass is 10.1. The van der Waals surface area contributed by atoms with Gasteiger partial charge < -0.3 is 5.43 Å². The second-order valence-corrected chi connectivity index (χ2v) is 5.35. The smallest absolute Gasteiger partial charge is 0.157 e. The second-order valence-electron chi connectivity index (χ2n) is 5.35. The van der Waals surface area contributed by atoms with Crippen LogP contribution in [0.4, 0.5) is 5.82 Å². The number of hydrogen-bond acceptors (Lipinski definition) is 4. The lowest BCUT2D eigenvalue weighted by molar-refractivity contribution is 0.685. The van der Waals surface area contributed by atoms with Gasteiger partial charge in [-0.3, -0.25) is 0 Å². The van der Waals surface area contributed by atoms with Gasteiger partial charge in [0.25, 0.3) is 0 Å². The average Bonchev–Trinajstić information content (AvgIpc) is 3.06. The molecule has 0 unspecified atom stereocenters. The third-order valence-electron chi connectivity index (χ3n) is 3.93. The highest BCUT2D eigenvalue weighted by Crippen LogP contribution is 2.33. The highest BCUT2D eigenvalue weighted by molar-refractivity contribution is 5.50. The van der Waals surface area contributed by atoms with Gasteiger partial charge in [0, 0.05) is 23.7 Å². The number of rotatable bonds is 4. The van der Waals surface area contributed by atoms with Gasteiger partial charge in [0.05, 0.1) is 5.69 Å². The molecule has 5 nitrogen and oxygen atoms in total. The van der Waals surface area contributed by atoms with Gasteiger partial charge in [0.15, 0.2) is 5.65 Å². The van der Waals surface area contributed by atoms with Crippen LogP contribution in [0, 0.1) is 0 Å². The molecule has 1 aliphatic carbocycles. The van der Waals surface area contributed by atoms with E-state index in [-0.39, 0.29) is 0 Å². The molecule has 0 aromatic carbocycles. The van der Waals surface area contributed by atoms with Gasteiger partial charge in [-0.2, -0.15) is 9.61 Å². The van der Waals surface area contributed by atoms with Crippen LogP contribution in [0.25, 0.3) is 5.65 Å². The molecule has 0 aliphatic heterocycles. The summed E-state index contributed by atoms with van der Waals surface area (Å²) >= 11 is 0.